The molecule has 2 rings (SSSR count). The standard InChI is InChI=1S/C14H18N2O2/c1-2-6-16-10-15-9-13(16)14(18)8-11-4-3-5-12(17)7-11/h3-5,7,9-10,14,17-18H,2,6,8H2,1H3. The molecule has 0 aliphatic rings. The monoisotopic (exact) mass is 246 g/mol. The van der Waals surface area contributed by atoms with Gasteiger partial charge in [0.2, 0.25) is 0 Å². The zero-order valence-electron chi connectivity index (χ0n) is 10.5. The van der Waals surface area contributed by atoms with E-state index in [0.29, 0.717) is 6.42 Å². The number of aromatic nitrogens is 2. The lowest BCUT2D eigenvalue weighted by Crippen LogP contribution is -2.09. The number of aromatic hydroxyl groups is 1. The second kappa shape index (κ2) is 5.69. The first-order chi connectivity index (χ1) is 8.70. The van der Waals surface area contributed by atoms with Gasteiger partial charge in [0.05, 0.1) is 24.3 Å². The van der Waals surface area contributed by atoms with Crippen LogP contribution in [0.2, 0.25) is 0 Å². The van der Waals surface area contributed by atoms with Crippen LogP contribution in [0.4, 0.5) is 0 Å². The lowest BCUT2D eigenvalue weighted by atomic mass is 10.1. The molecule has 18 heavy (non-hydrogen) atoms. The quantitative estimate of drug-likeness (QED) is 0.851. The number of phenolic OH excluding ortho intramolecular Hbond substituents is 1. The van der Waals surface area contributed by atoms with Crippen LogP contribution >= 0.6 is 0 Å². The van der Waals surface area contributed by atoms with E-state index in [1.54, 1.807) is 30.7 Å². The Morgan fingerprint density at radius 1 is 1.39 bits per heavy atom. The van der Waals surface area contributed by atoms with E-state index in [9.17, 15) is 10.2 Å². The molecule has 1 heterocycles. The van der Waals surface area contributed by atoms with Crippen molar-refractivity contribution in [2.75, 3.05) is 0 Å². The number of hydrogen-bond donors (Lipinski definition) is 2. The van der Waals surface area contributed by atoms with Crippen LogP contribution in [0.5, 0.6) is 5.75 Å². The average Bonchev–Trinajstić information content (AvgIpc) is 2.78. The Hall–Kier alpha value is -1.81. The Labute approximate surface area is 107 Å². The maximum atomic E-state index is 10.2. The van der Waals surface area contributed by atoms with Gasteiger partial charge in [0, 0.05) is 13.0 Å². The van der Waals surface area contributed by atoms with E-state index < -0.39 is 6.10 Å². The summed E-state index contributed by atoms with van der Waals surface area (Å²) in [5.41, 5.74) is 1.73. The molecule has 0 radical (unpaired) electrons. The van der Waals surface area contributed by atoms with Gasteiger partial charge >= 0.3 is 0 Å². The minimum atomic E-state index is -0.596. The summed E-state index contributed by atoms with van der Waals surface area (Å²) in [6.07, 6.45) is 4.32. The van der Waals surface area contributed by atoms with E-state index in [1.807, 2.05) is 10.6 Å². The Morgan fingerprint density at radius 2 is 2.22 bits per heavy atom. The molecule has 1 atom stereocenters. The highest BCUT2D eigenvalue weighted by molar-refractivity contribution is 5.28. The average molecular weight is 246 g/mol. The van der Waals surface area contributed by atoms with Crippen molar-refractivity contribution < 1.29 is 10.2 Å². The topological polar surface area (TPSA) is 58.3 Å². The second-order valence-corrected chi connectivity index (χ2v) is 4.40. The van der Waals surface area contributed by atoms with Crippen LogP contribution in [-0.2, 0) is 13.0 Å². The van der Waals surface area contributed by atoms with Crippen LogP contribution in [0.1, 0.15) is 30.7 Å². The van der Waals surface area contributed by atoms with Crippen molar-refractivity contribution in [2.24, 2.45) is 0 Å². The van der Waals surface area contributed by atoms with Gasteiger partial charge in [-0.05, 0) is 24.1 Å². The van der Waals surface area contributed by atoms with Crippen LogP contribution in [-0.4, -0.2) is 19.8 Å². The van der Waals surface area contributed by atoms with Crippen LogP contribution < -0.4 is 0 Å². The molecule has 1 aromatic heterocycles. The molecular formula is C14H18N2O2. The maximum Gasteiger partial charge on any atom is 0.115 e. The molecule has 0 bridgehead atoms. The van der Waals surface area contributed by atoms with Crippen molar-refractivity contribution in [3.8, 4) is 5.75 Å². The van der Waals surface area contributed by atoms with Gasteiger partial charge in [-0.25, -0.2) is 4.98 Å². The highest BCUT2D eigenvalue weighted by Gasteiger charge is 2.13. The van der Waals surface area contributed by atoms with Crippen molar-refractivity contribution in [3.63, 3.8) is 0 Å². The van der Waals surface area contributed by atoms with Crippen LogP contribution in [0, 0.1) is 0 Å². The van der Waals surface area contributed by atoms with Crippen LogP contribution in [0.25, 0.3) is 0 Å². The van der Waals surface area contributed by atoms with Gasteiger partial charge in [0.25, 0.3) is 0 Å². The number of hydrogen-bond acceptors (Lipinski definition) is 3. The molecule has 0 aliphatic heterocycles. The van der Waals surface area contributed by atoms with Crippen molar-refractivity contribution in [2.45, 2.75) is 32.4 Å². The molecule has 0 saturated heterocycles. The van der Waals surface area contributed by atoms with Gasteiger partial charge in [0.1, 0.15) is 5.75 Å². The van der Waals surface area contributed by atoms with Crippen LogP contribution in [0.3, 0.4) is 0 Å². The third-order valence-electron chi connectivity index (χ3n) is 2.89. The van der Waals surface area contributed by atoms with Gasteiger partial charge in [0.15, 0.2) is 0 Å². The van der Waals surface area contributed by atoms with Crippen molar-refractivity contribution in [1.29, 1.82) is 0 Å². The molecule has 96 valence electrons. The number of imidazole rings is 1. The summed E-state index contributed by atoms with van der Waals surface area (Å²) in [4.78, 5) is 4.07. The van der Waals surface area contributed by atoms with Gasteiger partial charge in [-0.1, -0.05) is 19.1 Å². The maximum absolute atomic E-state index is 10.2. The SMILES string of the molecule is CCCn1cncc1C(O)Cc1cccc(O)c1. The fraction of sp³-hybridized carbons (Fsp3) is 0.357. The number of phenols is 1. The summed E-state index contributed by atoms with van der Waals surface area (Å²) >= 11 is 0. The Morgan fingerprint density at radius 3 is 2.94 bits per heavy atom. The number of benzene rings is 1. The third kappa shape index (κ3) is 2.90. The molecule has 0 fully saturated rings. The second-order valence-electron chi connectivity index (χ2n) is 4.40. The number of rotatable bonds is 5. The largest absolute Gasteiger partial charge is 0.508 e. The molecule has 0 aliphatic carbocycles. The minimum absolute atomic E-state index is 0.224. The number of nitrogens with zero attached hydrogens (tertiary/aromatic N) is 2. The first kappa shape index (κ1) is 12.6. The molecule has 0 amide bonds. The van der Waals surface area contributed by atoms with Gasteiger partial charge < -0.3 is 14.8 Å². The fourth-order valence-corrected chi connectivity index (χ4v) is 2.05. The normalized spacial score (nSPS) is 12.6. The van der Waals surface area contributed by atoms with Gasteiger partial charge in [-0.15, -0.1) is 0 Å². The molecular weight excluding hydrogens is 228 g/mol. The van der Waals surface area contributed by atoms with Crippen molar-refractivity contribution in [1.82, 2.24) is 9.55 Å². The highest BCUT2D eigenvalue weighted by Crippen LogP contribution is 2.20. The zero-order valence-corrected chi connectivity index (χ0v) is 10.5. The molecule has 2 aromatic rings. The summed E-state index contributed by atoms with van der Waals surface area (Å²) in [6, 6.07) is 6.96. The summed E-state index contributed by atoms with van der Waals surface area (Å²) in [7, 11) is 0. The summed E-state index contributed by atoms with van der Waals surface area (Å²) in [5, 5.41) is 19.6. The van der Waals surface area contributed by atoms with E-state index in [1.165, 1.54) is 0 Å². The number of aryl methyl sites for hydroxylation is 1. The van der Waals surface area contributed by atoms with Crippen LogP contribution in [0.15, 0.2) is 36.8 Å². The first-order valence-corrected chi connectivity index (χ1v) is 6.16. The zero-order chi connectivity index (χ0) is 13.0. The molecule has 4 nitrogen and oxygen atoms in total. The van der Waals surface area contributed by atoms with Gasteiger partial charge in [-0.2, -0.15) is 0 Å². The van der Waals surface area contributed by atoms with E-state index in [0.717, 1.165) is 24.2 Å². The number of aliphatic hydroxyl groups excluding tert-OH is 1. The molecule has 0 spiro atoms. The molecule has 1 unspecified atom stereocenters. The fourth-order valence-electron chi connectivity index (χ4n) is 2.05. The smallest absolute Gasteiger partial charge is 0.115 e. The summed E-state index contributed by atoms with van der Waals surface area (Å²) < 4.78 is 1.97. The molecule has 2 N–H and O–H groups in total. The Kier molecular flexibility index (Phi) is 3.99. The third-order valence-corrected chi connectivity index (χ3v) is 2.89. The van der Waals surface area contributed by atoms with E-state index in [4.69, 9.17) is 0 Å². The predicted molar refractivity (Wildman–Crippen MR) is 69.3 cm³/mol. The van der Waals surface area contributed by atoms with E-state index in [2.05, 4.69) is 11.9 Å². The predicted octanol–water partition coefficient (Wildman–Crippen LogP) is 2.27. The highest BCUT2D eigenvalue weighted by atomic mass is 16.3. The summed E-state index contributed by atoms with van der Waals surface area (Å²) in [5.74, 6) is 0.224. The van der Waals surface area contributed by atoms with E-state index in [-0.39, 0.29) is 5.75 Å². The first-order valence-electron chi connectivity index (χ1n) is 6.16. The Bertz CT molecular complexity index is 508. The molecule has 0 saturated carbocycles. The minimum Gasteiger partial charge on any atom is -0.508 e. The van der Waals surface area contributed by atoms with Crippen molar-refractivity contribution in [3.05, 3.63) is 48.0 Å². The number of aliphatic hydroxyl groups is 1. The molecule has 1 aromatic carbocycles. The van der Waals surface area contributed by atoms with E-state index >= 15 is 0 Å². The van der Waals surface area contributed by atoms with Crippen molar-refractivity contribution >= 4 is 0 Å². The molecule has 4 heteroatoms. The lowest BCUT2D eigenvalue weighted by molar-refractivity contribution is 0.168. The lowest BCUT2D eigenvalue weighted by Gasteiger charge is -2.13. The Balaban J connectivity index is 2.11. The summed E-state index contributed by atoms with van der Waals surface area (Å²) in [6.45, 7) is 2.94. The van der Waals surface area contributed by atoms with Gasteiger partial charge in [-0.3, -0.25) is 0 Å².